The van der Waals surface area contributed by atoms with Crippen molar-refractivity contribution in [3.63, 3.8) is 0 Å². The van der Waals surface area contributed by atoms with Crippen LogP contribution in [-0.4, -0.2) is 33.2 Å². The molecule has 0 bridgehead atoms. The summed E-state index contributed by atoms with van der Waals surface area (Å²) >= 11 is 0. The van der Waals surface area contributed by atoms with Crippen LogP contribution < -0.4 is 16.2 Å². The first-order valence-corrected chi connectivity index (χ1v) is 9.93. The van der Waals surface area contributed by atoms with E-state index < -0.39 is 23.8 Å². The maximum Gasteiger partial charge on any atom is 0.416 e. The Morgan fingerprint density at radius 1 is 1.22 bits per heavy atom. The van der Waals surface area contributed by atoms with Crippen LogP contribution in [0.3, 0.4) is 0 Å². The van der Waals surface area contributed by atoms with Gasteiger partial charge in [-0.15, -0.1) is 0 Å². The van der Waals surface area contributed by atoms with Gasteiger partial charge in [0.25, 0.3) is 5.56 Å². The molecular formula is C22H23F3N4O3. The van der Waals surface area contributed by atoms with Gasteiger partial charge in [0.1, 0.15) is 11.8 Å². The molecular weight excluding hydrogens is 425 g/mol. The maximum atomic E-state index is 12.9. The van der Waals surface area contributed by atoms with E-state index in [2.05, 4.69) is 15.6 Å². The molecule has 0 aliphatic rings. The van der Waals surface area contributed by atoms with Crippen molar-refractivity contribution >= 4 is 22.6 Å². The number of aromatic nitrogens is 2. The van der Waals surface area contributed by atoms with Crippen molar-refractivity contribution in [1.82, 2.24) is 14.9 Å². The van der Waals surface area contributed by atoms with Crippen LogP contribution in [0, 0.1) is 6.92 Å². The number of alkyl halides is 3. The van der Waals surface area contributed by atoms with Gasteiger partial charge in [-0.3, -0.25) is 9.59 Å². The van der Waals surface area contributed by atoms with Gasteiger partial charge >= 0.3 is 6.18 Å². The molecule has 10 heteroatoms. The number of anilines is 1. The summed E-state index contributed by atoms with van der Waals surface area (Å²) in [5.74, 6) is -0.545. The van der Waals surface area contributed by atoms with Crippen LogP contribution in [0.2, 0.25) is 0 Å². The Balaban J connectivity index is 1.83. The highest BCUT2D eigenvalue weighted by molar-refractivity contribution is 5.80. The average molecular weight is 448 g/mol. The van der Waals surface area contributed by atoms with E-state index in [-0.39, 0.29) is 25.2 Å². The van der Waals surface area contributed by atoms with Gasteiger partial charge in [0.15, 0.2) is 0 Å². The van der Waals surface area contributed by atoms with Crippen molar-refractivity contribution in [2.24, 2.45) is 0 Å². The summed E-state index contributed by atoms with van der Waals surface area (Å²) in [7, 11) is 0. The number of carbonyl (C=O) groups is 1. The molecule has 0 saturated heterocycles. The van der Waals surface area contributed by atoms with E-state index >= 15 is 0 Å². The molecule has 0 unspecified atom stereocenters. The molecule has 7 nitrogen and oxygen atoms in total. The van der Waals surface area contributed by atoms with Crippen LogP contribution >= 0.6 is 0 Å². The second-order valence-electron chi connectivity index (χ2n) is 7.38. The number of fused-ring (bicyclic) bond motifs is 1. The molecule has 0 spiro atoms. The maximum absolute atomic E-state index is 12.9. The number of carbonyl (C=O) groups excluding carboxylic acids is 1. The van der Waals surface area contributed by atoms with Crippen LogP contribution in [0.4, 0.5) is 18.9 Å². The molecule has 0 aliphatic heterocycles. The highest BCUT2D eigenvalue weighted by Gasteiger charge is 2.30. The lowest BCUT2D eigenvalue weighted by molar-refractivity contribution is -0.137. The van der Waals surface area contributed by atoms with Gasteiger partial charge in [-0.05, 0) is 49.7 Å². The average Bonchev–Trinajstić information content (AvgIpc) is 2.74. The molecule has 0 fully saturated rings. The molecule has 0 saturated carbocycles. The summed E-state index contributed by atoms with van der Waals surface area (Å²) < 4.78 is 40.2. The lowest BCUT2D eigenvalue weighted by Crippen LogP contribution is -2.36. The third-order valence-electron chi connectivity index (χ3n) is 4.87. The van der Waals surface area contributed by atoms with E-state index in [0.717, 1.165) is 12.1 Å². The van der Waals surface area contributed by atoms with Crippen molar-refractivity contribution in [1.29, 1.82) is 0 Å². The van der Waals surface area contributed by atoms with Crippen LogP contribution in [-0.2, 0) is 24.1 Å². The number of nitrogens with zero attached hydrogens (tertiary/aromatic N) is 2. The van der Waals surface area contributed by atoms with Crippen molar-refractivity contribution in [3.05, 3.63) is 69.6 Å². The number of rotatable bonds is 7. The number of amides is 1. The van der Waals surface area contributed by atoms with E-state index in [1.54, 1.807) is 31.2 Å². The topological polar surface area (TPSA) is 96.2 Å². The summed E-state index contributed by atoms with van der Waals surface area (Å²) in [6, 6.07) is 10.2. The highest BCUT2D eigenvalue weighted by Crippen LogP contribution is 2.29. The van der Waals surface area contributed by atoms with E-state index in [1.165, 1.54) is 17.6 Å². The molecule has 1 atom stereocenters. The summed E-state index contributed by atoms with van der Waals surface area (Å²) in [6.45, 7) is 3.38. The monoisotopic (exact) mass is 448 g/mol. The number of aliphatic hydroxyl groups is 1. The Morgan fingerprint density at radius 2 is 1.97 bits per heavy atom. The van der Waals surface area contributed by atoms with Gasteiger partial charge in [-0.1, -0.05) is 12.1 Å². The Morgan fingerprint density at radius 3 is 2.66 bits per heavy atom. The fourth-order valence-electron chi connectivity index (χ4n) is 3.20. The van der Waals surface area contributed by atoms with Crippen molar-refractivity contribution in [3.8, 4) is 0 Å². The quantitative estimate of drug-likeness (QED) is 0.517. The fourth-order valence-corrected chi connectivity index (χ4v) is 3.20. The smallest absolute Gasteiger partial charge is 0.384 e. The third-order valence-corrected chi connectivity index (χ3v) is 4.87. The van der Waals surface area contributed by atoms with Crippen LogP contribution in [0.5, 0.6) is 0 Å². The fraction of sp³-hybridized carbons (Fsp3) is 0.318. The molecule has 3 aromatic rings. The van der Waals surface area contributed by atoms with Crippen LogP contribution in [0.15, 0.2) is 47.3 Å². The molecule has 0 aliphatic carbocycles. The predicted molar refractivity (Wildman–Crippen MR) is 114 cm³/mol. The standard InChI is InChI=1S/C22H23F3N4O3/c1-13-21(32)29(9-8-26-20(31)14(2)30)19-11-17(6-7-18(19)28-13)27-12-15-4-3-5-16(10-15)22(23,24)25/h3-7,10-11,14,27,30H,8-9,12H2,1-2H3,(H,26,31)/t14-/m0/s1. The second-order valence-corrected chi connectivity index (χ2v) is 7.38. The number of hydrogen-bond acceptors (Lipinski definition) is 5. The summed E-state index contributed by atoms with van der Waals surface area (Å²) in [5, 5.41) is 14.9. The number of aliphatic hydroxyl groups excluding tert-OH is 1. The first-order chi connectivity index (χ1) is 15.1. The Bertz CT molecular complexity index is 1190. The molecule has 0 radical (unpaired) electrons. The van der Waals surface area contributed by atoms with E-state index in [0.29, 0.717) is 28.0 Å². The SMILES string of the molecule is Cc1nc2ccc(NCc3cccc(C(F)(F)F)c3)cc2n(CCNC(=O)[C@H](C)O)c1=O. The minimum Gasteiger partial charge on any atom is -0.384 e. The summed E-state index contributed by atoms with van der Waals surface area (Å²) in [5.41, 5.74) is 1.39. The molecule has 3 rings (SSSR count). The van der Waals surface area contributed by atoms with E-state index in [9.17, 15) is 27.9 Å². The first-order valence-electron chi connectivity index (χ1n) is 9.93. The van der Waals surface area contributed by atoms with Crippen LogP contribution in [0.25, 0.3) is 11.0 Å². The second kappa shape index (κ2) is 9.39. The number of halogens is 3. The van der Waals surface area contributed by atoms with E-state index in [4.69, 9.17) is 0 Å². The first kappa shape index (κ1) is 23.3. The normalized spacial score (nSPS) is 12.6. The van der Waals surface area contributed by atoms with Gasteiger partial charge in [-0.25, -0.2) is 4.98 Å². The largest absolute Gasteiger partial charge is 0.416 e. The van der Waals surface area contributed by atoms with Gasteiger partial charge in [0.05, 0.1) is 16.6 Å². The van der Waals surface area contributed by atoms with Gasteiger partial charge in [0, 0.05) is 25.3 Å². The number of aryl methyl sites for hydroxylation is 1. The van der Waals surface area contributed by atoms with Crippen molar-refractivity contribution in [2.45, 2.75) is 39.2 Å². The zero-order chi connectivity index (χ0) is 23.5. The minimum absolute atomic E-state index is 0.129. The third kappa shape index (κ3) is 5.44. The highest BCUT2D eigenvalue weighted by atomic mass is 19.4. The van der Waals surface area contributed by atoms with Crippen molar-refractivity contribution < 1.29 is 23.1 Å². The molecule has 1 amide bonds. The van der Waals surface area contributed by atoms with Gasteiger partial charge in [-0.2, -0.15) is 13.2 Å². The van der Waals surface area contributed by atoms with Gasteiger partial charge in [0.2, 0.25) is 5.91 Å². The minimum atomic E-state index is -4.41. The molecule has 32 heavy (non-hydrogen) atoms. The summed E-state index contributed by atoms with van der Waals surface area (Å²) in [4.78, 5) is 28.5. The molecule has 3 N–H and O–H groups in total. The zero-order valence-corrected chi connectivity index (χ0v) is 17.5. The number of hydrogen-bond donors (Lipinski definition) is 3. The zero-order valence-electron chi connectivity index (χ0n) is 17.5. The number of benzene rings is 2. The Hall–Kier alpha value is -3.40. The van der Waals surface area contributed by atoms with E-state index in [1.807, 2.05) is 0 Å². The summed E-state index contributed by atoms with van der Waals surface area (Å²) in [6.07, 6.45) is -5.57. The molecule has 170 valence electrons. The molecule has 1 aromatic heterocycles. The lowest BCUT2D eigenvalue weighted by atomic mass is 10.1. The number of nitrogens with one attached hydrogen (secondary N) is 2. The van der Waals surface area contributed by atoms with Gasteiger partial charge < -0.3 is 20.3 Å². The van der Waals surface area contributed by atoms with Crippen LogP contribution in [0.1, 0.15) is 23.7 Å². The molecule has 1 heterocycles. The predicted octanol–water partition coefficient (Wildman–Crippen LogP) is 2.83. The van der Waals surface area contributed by atoms with Crippen molar-refractivity contribution in [2.75, 3.05) is 11.9 Å². The Kier molecular flexibility index (Phi) is 6.83. The molecule has 2 aromatic carbocycles. The Labute approximate surface area is 181 Å². The lowest BCUT2D eigenvalue weighted by Gasteiger charge is -2.14.